The maximum absolute atomic E-state index is 14.3. The zero-order valence-corrected chi connectivity index (χ0v) is 16.2. The second-order valence-corrected chi connectivity index (χ2v) is 8.28. The predicted octanol–water partition coefficient (Wildman–Crippen LogP) is 4.32. The lowest BCUT2D eigenvalue weighted by Gasteiger charge is -2.25. The van der Waals surface area contributed by atoms with Crippen molar-refractivity contribution in [3.05, 3.63) is 46.6 Å². The Balaban J connectivity index is 1.55. The van der Waals surface area contributed by atoms with Gasteiger partial charge >= 0.3 is 0 Å². The fourth-order valence-electron chi connectivity index (χ4n) is 3.87. The Bertz CT molecular complexity index is 860. The minimum absolute atomic E-state index is 0.00657. The zero-order chi connectivity index (χ0) is 19.7. The fourth-order valence-corrected chi connectivity index (χ4v) is 4.74. The van der Waals surface area contributed by atoms with Gasteiger partial charge in [-0.2, -0.15) is 5.10 Å². The number of nitrogens with one attached hydrogen (secondary N) is 1. The van der Waals surface area contributed by atoms with Crippen LogP contribution < -0.4 is 5.32 Å². The van der Waals surface area contributed by atoms with Crippen LogP contribution in [0.4, 0.5) is 8.78 Å². The van der Waals surface area contributed by atoms with E-state index in [0.29, 0.717) is 18.5 Å². The van der Waals surface area contributed by atoms with Gasteiger partial charge in [0, 0.05) is 18.8 Å². The number of amides is 1. The molecule has 3 atom stereocenters. The van der Waals surface area contributed by atoms with Crippen molar-refractivity contribution in [1.29, 1.82) is 0 Å². The summed E-state index contributed by atoms with van der Waals surface area (Å²) in [5.41, 5.74) is 0.703. The second-order valence-electron chi connectivity index (χ2n) is 7.25. The van der Waals surface area contributed by atoms with E-state index in [4.69, 9.17) is 0 Å². The molecule has 1 fully saturated rings. The topological polar surface area (TPSA) is 57.6 Å². The number of hydrazone groups is 1. The molecular weight excluding hydrogens is 382 g/mol. The van der Waals surface area contributed by atoms with Gasteiger partial charge in [0.25, 0.3) is 11.8 Å². The molecule has 0 saturated heterocycles. The molecule has 2 aliphatic heterocycles. The first-order valence-corrected chi connectivity index (χ1v) is 10.3. The van der Waals surface area contributed by atoms with E-state index in [1.165, 1.54) is 11.3 Å². The van der Waals surface area contributed by atoms with E-state index in [9.17, 15) is 13.6 Å². The molecule has 0 bridgehead atoms. The summed E-state index contributed by atoms with van der Waals surface area (Å²) >= 11 is 1.18. The molecule has 1 aliphatic carbocycles. The molecule has 0 radical (unpaired) electrons. The molecule has 0 aromatic carbocycles. The van der Waals surface area contributed by atoms with Crippen molar-refractivity contribution < 1.29 is 13.6 Å². The molecule has 28 heavy (non-hydrogen) atoms. The summed E-state index contributed by atoms with van der Waals surface area (Å²) in [5, 5.41) is 8.92. The van der Waals surface area contributed by atoms with Crippen LogP contribution in [-0.2, 0) is 0 Å². The number of alkyl halides is 2. The van der Waals surface area contributed by atoms with E-state index in [1.54, 1.807) is 12.3 Å². The summed E-state index contributed by atoms with van der Waals surface area (Å²) in [5.74, 6) is -3.55. The molecular formula is C20H22F2N4OS. The molecule has 1 amide bonds. The number of hydrogen-bond acceptors (Lipinski definition) is 5. The van der Waals surface area contributed by atoms with Crippen molar-refractivity contribution in [2.45, 2.75) is 56.0 Å². The average molecular weight is 404 g/mol. The van der Waals surface area contributed by atoms with Crippen LogP contribution in [0.25, 0.3) is 6.08 Å². The number of allylic oxidation sites excluding steroid dienone is 2. The Labute approximate surface area is 166 Å². The first-order valence-electron chi connectivity index (χ1n) is 9.49. The van der Waals surface area contributed by atoms with Gasteiger partial charge in [-0.3, -0.25) is 9.80 Å². The number of rotatable bonds is 4. The lowest BCUT2D eigenvalue weighted by molar-refractivity contribution is -0.0406. The minimum Gasteiger partial charge on any atom is -0.341 e. The van der Waals surface area contributed by atoms with Gasteiger partial charge in [-0.25, -0.2) is 13.8 Å². The van der Waals surface area contributed by atoms with E-state index >= 15 is 0 Å². The van der Waals surface area contributed by atoms with Crippen LogP contribution in [-0.4, -0.2) is 40.1 Å². The van der Waals surface area contributed by atoms with Crippen molar-refractivity contribution in [2.75, 3.05) is 0 Å². The highest BCUT2D eigenvalue weighted by Gasteiger charge is 2.41. The van der Waals surface area contributed by atoms with Gasteiger partial charge in [0.2, 0.25) is 0 Å². The van der Waals surface area contributed by atoms with Gasteiger partial charge in [-0.05, 0) is 18.9 Å². The van der Waals surface area contributed by atoms with Gasteiger partial charge in [0.15, 0.2) is 5.01 Å². The monoisotopic (exact) mass is 404 g/mol. The van der Waals surface area contributed by atoms with E-state index in [1.807, 2.05) is 29.4 Å². The summed E-state index contributed by atoms with van der Waals surface area (Å²) in [6, 6.07) is -1.15. The molecule has 3 heterocycles. The van der Waals surface area contributed by atoms with Crippen LogP contribution in [0.2, 0.25) is 0 Å². The average Bonchev–Trinajstić information content (AvgIpc) is 3.26. The van der Waals surface area contributed by atoms with Crippen LogP contribution in [0.3, 0.4) is 0 Å². The highest BCUT2D eigenvalue weighted by atomic mass is 32.1. The van der Waals surface area contributed by atoms with Crippen molar-refractivity contribution in [3.63, 3.8) is 0 Å². The van der Waals surface area contributed by atoms with Crippen LogP contribution in [0, 0.1) is 0 Å². The van der Waals surface area contributed by atoms with Crippen molar-refractivity contribution in [1.82, 2.24) is 15.3 Å². The van der Waals surface area contributed by atoms with Crippen LogP contribution in [0.1, 0.15) is 58.4 Å². The summed E-state index contributed by atoms with van der Waals surface area (Å²) in [7, 11) is 0. The molecule has 0 spiro atoms. The molecule has 8 heteroatoms. The van der Waals surface area contributed by atoms with Gasteiger partial charge < -0.3 is 5.32 Å². The third kappa shape index (κ3) is 3.53. The van der Waals surface area contributed by atoms with Gasteiger partial charge in [-0.15, -0.1) is 11.3 Å². The summed E-state index contributed by atoms with van der Waals surface area (Å²) < 4.78 is 28.6. The van der Waals surface area contributed by atoms with Gasteiger partial charge in [0.05, 0.1) is 28.6 Å². The van der Waals surface area contributed by atoms with E-state index in [2.05, 4.69) is 22.0 Å². The predicted molar refractivity (Wildman–Crippen MR) is 107 cm³/mol. The van der Waals surface area contributed by atoms with Crippen molar-refractivity contribution in [2.24, 2.45) is 5.10 Å². The molecule has 5 nitrogen and oxygen atoms in total. The fraction of sp³-hybridized carbons (Fsp3) is 0.450. The summed E-state index contributed by atoms with van der Waals surface area (Å²) in [4.78, 5) is 18.0. The number of nitrogens with zero attached hydrogens (tertiary/aromatic N) is 3. The number of fused-ring (bicyclic) bond motifs is 1. The third-order valence-corrected chi connectivity index (χ3v) is 6.45. The first-order chi connectivity index (χ1) is 13.5. The second kappa shape index (κ2) is 7.58. The van der Waals surface area contributed by atoms with Gasteiger partial charge in [-0.1, -0.05) is 37.6 Å². The van der Waals surface area contributed by atoms with Crippen molar-refractivity contribution >= 4 is 29.5 Å². The third-order valence-electron chi connectivity index (χ3n) is 5.39. The Morgan fingerprint density at radius 3 is 3.04 bits per heavy atom. The van der Waals surface area contributed by atoms with Crippen molar-refractivity contribution in [3.8, 4) is 0 Å². The highest BCUT2D eigenvalue weighted by Crippen LogP contribution is 2.35. The molecule has 3 aliphatic rings. The minimum atomic E-state index is -2.88. The lowest BCUT2D eigenvalue weighted by atomic mass is 9.96. The number of hydrogen-bond donors (Lipinski definition) is 1. The molecule has 1 N–H and O–H groups in total. The van der Waals surface area contributed by atoms with E-state index in [-0.39, 0.29) is 29.8 Å². The number of carbonyl (C=O) groups is 1. The molecule has 1 saturated carbocycles. The molecule has 4 rings (SSSR count). The van der Waals surface area contributed by atoms with Gasteiger partial charge in [0.1, 0.15) is 0 Å². The van der Waals surface area contributed by atoms with Crippen LogP contribution >= 0.6 is 11.3 Å². The highest BCUT2D eigenvalue weighted by molar-refractivity contribution is 7.14. The SMILES string of the molecule is C=Cc1sc(C(=O)NC2CCCCCC2(F)F)nc1C1C=NN2C=CC=CC12. The quantitative estimate of drug-likeness (QED) is 0.761. The largest absolute Gasteiger partial charge is 0.341 e. The van der Waals surface area contributed by atoms with Crippen LogP contribution in [0.5, 0.6) is 0 Å². The first kappa shape index (κ1) is 19.0. The number of thiazole rings is 1. The lowest BCUT2D eigenvalue weighted by Crippen LogP contribution is -2.47. The molecule has 1 aromatic rings. The number of aromatic nitrogens is 1. The smallest absolute Gasteiger partial charge is 0.280 e. The Morgan fingerprint density at radius 2 is 2.21 bits per heavy atom. The molecule has 1 aromatic heterocycles. The Morgan fingerprint density at radius 1 is 1.36 bits per heavy atom. The standard InChI is InChI=1S/C20H22F2N4OS/c1-2-15-17(13-12-23-26-11-7-5-8-14(13)26)25-19(28-15)18(27)24-16-9-4-3-6-10-20(16,21)22/h2,5,7-8,11-14,16H,1,3-4,6,9-10H2,(H,24,27). The van der Waals surface area contributed by atoms with E-state index in [0.717, 1.165) is 11.3 Å². The number of halogens is 2. The summed E-state index contributed by atoms with van der Waals surface area (Å²) in [6.45, 7) is 3.82. The zero-order valence-electron chi connectivity index (χ0n) is 15.4. The molecule has 3 unspecified atom stereocenters. The Hall–Kier alpha value is -2.35. The van der Waals surface area contributed by atoms with E-state index < -0.39 is 17.9 Å². The maximum Gasteiger partial charge on any atom is 0.280 e. The Kier molecular flexibility index (Phi) is 5.14. The maximum atomic E-state index is 14.3. The summed E-state index contributed by atoms with van der Waals surface area (Å²) in [6.07, 6.45) is 13.3. The molecule has 148 valence electrons. The normalized spacial score (nSPS) is 28.1. The number of carbonyl (C=O) groups excluding carboxylic acids is 1. The van der Waals surface area contributed by atoms with Crippen LogP contribution in [0.15, 0.2) is 36.1 Å².